The predicted octanol–water partition coefficient (Wildman–Crippen LogP) is 13.6. The minimum absolute atomic E-state index is 0.578. The van der Waals surface area contributed by atoms with E-state index in [9.17, 15) is 0 Å². The number of nitrogens with zero attached hydrogens (tertiary/aromatic N) is 5. The van der Waals surface area contributed by atoms with E-state index in [1.807, 2.05) is 60.7 Å². The van der Waals surface area contributed by atoms with Crippen LogP contribution in [-0.4, -0.2) is 19.5 Å². The summed E-state index contributed by atoms with van der Waals surface area (Å²) in [7, 11) is 0. The summed E-state index contributed by atoms with van der Waals surface area (Å²) >= 11 is 1.78. The SMILES string of the molecule is c1ccc(-c2nc(-c3ccccc3)nc(N3c4ccccc4Sc4cc(-c5cccc(-c6ccc7c8ccccc8n(-c8ccccc8)c7c6)c5)ccc43)n2)cc1. The average molecular weight is 748 g/mol. The van der Waals surface area contributed by atoms with Crippen LogP contribution in [0.1, 0.15) is 0 Å². The molecule has 8 aromatic carbocycles. The van der Waals surface area contributed by atoms with Crippen molar-refractivity contribution in [1.29, 1.82) is 0 Å². The number of aromatic nitrogens is 4. The maximum atomic E-state index is 5.13. The highest BCUT2D eigenvalue weighted by atomic mass is 32.2. The summed E-state index contributed by atoms with van der Waals surface area (Å²) in [5.41, 5.74) is 12.1. The maximum absolute atomic E-state index is 5.13. The summed E-state index contributed by atoms with van der Waals surface area (Å²) < 4.78 is 2.38. The summed E-state index contributed by atoms with van der Waals surface area (Å²) in [5, 5.41) is 2.50. The molecule has 2 aromatic heterocycles. The fourth-order valence-corrected chi connectivity index (χ4v) is 9.03. The fourth-order valence-electron chi connectivity index (χ4n) is 7.93. The van der Waals surface area contributed by atoms with Crippen molar-refractivity contribution >= 4 is 50.9 Å². The molecule has 10 aromatic rings. The lowest BCUT2D eigenvalue weighted by molar-refractivity contribution is 1.00. The lowest BCUT2D eigenvalue weighted by atomic mass is 9.98. The molecular formula is C51H33N5S. The third-order valence-electron chi connectivity index (χ3n) is 10.6. The van der Waals surface area contributed by atoms with Crippen molar-refractivity contribution in [2.45, 2.75) is 9.79 Å². The Balaban J connectivity index is 1.02. The first-order valence-electron chi connectivity index (χ1n) is 19.0. The minimum Gasteiger partial charge on any atom is -0.309 e. The van der Waals surface area contributed by atoms with Crippen LogP contribution in [0.2, 0.25) is 0 Å². The van der Waals surface area contributed by atoms with E-state index in [0.717, 1.165) is 49.1 Å². The molecule has 5 nitrogen and oxygen atoms in total. The first-order chi connectivity index (χ1) is 28.2. The van der Waals surface area contributed by atoms with E-state index in [1.165, 1.54) is 32.9 Å². The van der Waals surface area contributed by atoms with Gasteiger partial charge in [-0.15, -0.1) is 0 Å². The average Bonchev–Trinajstić information content (AvgIpc) is 3.62. The molecule has 1 aliphatic rings. The molecular weight excluding hydrogens is 715 g/mol. The van der Waals surface area contributed by atoms with Gasteiger partial charge in [0.15, 0.2) is 11.6 Å². The van der Waals surface area contributed by atoms with Gasteiger partial charge in [-0.2, -0.15) is 9.97 Å². The highest BCUT2D eigenvalue weighted by Gasteiger charge is 2.28. The van der Waals surface area contributed by atoms with Crippen LogP contribution in [0.15, 0.2) is 210 Å². The van der Waals surface area contributed by atoms with Gasteiger partial charge >= 0.3 is 0 Å². The number of hydrogen-bond donors (Lipinski definition) is 0. The molecule has 1 aliphatic heterocycles. The monoisotopic (exact) mass is 747 g/mol. The first kappa shape index (κ1) is 33.1. The van der Waals surface area contributed by atoms with Gasteiger partial charge in [-0.25, -0.2) is 4.98 Å². The molecule has 0 atom stereocenters. The van der Waals surface area contributed by atoms with Crippen LogP contribution in [0.25, 0.3) is 72.5 Å². The Labute approximate surface area is 334 Å². The number of hydrogen-bond acceptors (Lipinski definition) is 5. The van der Waals surface area contributed by atoms with Gasteiger partial charge in [0.25, 0.3) is 0 Å². The van der Waals surface area contributed by atoms with Crippen LogP contribution in [0.5, 0.6) is 0 Å². The summed E-state index contributed by atoms with van der Waals surface area (Å²) in [6, 6.07) is 70.5. The topological polar surface area (TPSA) is 46.8 Å². The second kappa shape index (κ2) is 13.8. The molecule has 0 spiro atoms. The van der Waals surface area contributed by atoms with Crippen molar-refractivity contribution in [2.24, 2.45) is 0 Å². The molecule has 0 aliphatic carbocycles. The van der Waals surface area contributed by atoms with Gasteiger partial charge in [-0.3, -0.25) is 4.90 Å². The Morgan fingerprint density at radius 2 is 0.895 bits per heavy atom. The second-order valence-corrected chi connectivity index (χ2v) is 15.2. The van der Waals surface area contributed by atoms with E-state index in [0.29, 0.717) is 17.6 Å². The number of para-hydroxylation sites is 3. The van der Waals surface area contributed by atoms with Crippen LogP contribution in [0.4, 0.5) is 17.3 Å². The molecule has 11 rings (SSSR count). The Kier molecular flexibility index (Phi) is 8.00. The Bertz CT molecular complexity index is 3050. The zero-order valence-electron chi connectivity index (χ0n) is 30.7. The summed E-state index contributed by atoms with van der Waals surface area (Å²) in [6.45, 7) is 0. The van der Waals surface area contributed by atoms with E-state index in [-0.39, 0.29) is 0 Å². The molecule has 3 heterocycles. The summed E-state index contributed by atoms with van der Waals surface area (Å²) in [5.74, 6) is 1.84. The normalized spacial score (nSPS) is 12.1. The molecule has 0 saturated heterocycles. The standard InChI is InChI=1S/C51H33N5S/c1-4-15-34(16-5-1)49-52-50(35-17-6-2-7-18-35)54-51(53-49)56-44-25-12-13-26-47(44)57-48-33-39(28-30-45(48)56)37-20-14-19-36(31-37)38-27-29-42-41-23-10-11-24-43(41)55(46(42)32-38)40-21-8-3-9-22-40/h1-33H. The number of benzene rings is 8. The molecule has 0 saturated carbocycles. The molecule has 0 N–H and O–H groups in total. The first-order valence-corrected chi connectivity index (χ1v) is 19.8. The quantitative estimate of drug-likeness (QED) is 0.169. The molecule has 0 radical (unpaired) electrons. The van der Waals surface area contributed by atoms with Gasteiger partial charge in [0.2, 0.25) is 5.95 Å². The summed E-state index contributed by atoms with van der Waals surface area (Å²) in [6.07, 6.45) is 0. The highest BCUT2D eigenvalue weighted by molar-refractivity contribution is 7.99. The Morgan fingerprint density at radius 3 is 1.63 bits per heavy atom. The zero-order valence-corrected chi connectivity index (χ0v) is 31.5. The van der Waals surface area contributed by atoms with E-state index in [2.05, 4.69) is 149 Å². The van der Waals surface area contributed by atoms with Crippen molar-refractivity contribution in [3.05, 3.63) is 200 Å². The van der Waals surface area contributed by atoms with Crippen LogP contribution >= 0.6 is 11.8 Å². The third kappa shape index (κ3) is 5.86. The molecule has 6 heteroatoms. The van der Waals surface area contributed by atoms with Gasteiger partial charge in [-0.1, -0.05) is 157 Å². The zero-order chi connectivity index (χ0) is 37.7. The smallest absolute Gasteiger partial charge is 0.238 e. The van der Waals surface area contributed by atoms with Crippen molar-refractivity contribution in [1.82, 2.24) is 19.5 Å². The third-order valence-corrected chi connectivity index (χ3v) is 11.7. The highest BCUT2D eigenvalue weighted by Crippen LogP contribution is 2.52. The van der Waals surface area contributed by atoms with Crippen LogP contribution in [0.3, 0.4) is 0 Å². The Hall–Kier alpha value is -7.28. The fraction of sp³-hybridized carbons (Fsp3) is 0. The van der Waals surface area contributed by atoms with E-state index >= 15 is 0 Å². The molecule has 268 valence electrons. The van der Waals surface area contributed by atoms with Gasteiger partial charge in [0.1, 0.15) is 0 Å². The largest absolute Gasteiger partial charge is 0.309 e. The number of rotatable bonds is 6. The van der Waals surface area contributed by atoms with E-state index in [1.54, 1.807) is 11.8 Å². The maximum Gasteiger partial charge on any atom is 0.238 e. The van der Waals surface area contributed by atoms with Gasteiger partial charge in [0.05, 0.1) is 22.4 Å². The van der Waals surface area contributed by atoms with Gasteiger partial charge in [-0.05, 0) is 76.9 Å². The van der Waals surface area contributed by atoms with Gasteiger partial charge in [0, 0.05) is 37.4 Å². The lowest BCUT2D eigenvalue weighted by Gasteiger charge is -2.31. The lowest BCUT2D eigenvalue weighted by Crippen LogP contribution is -2.18. The number of fused-ring (bicyclic) bond motifs is 5. The molecule has 57 heavy (non-hydrogen) atoms. The van der Waals surface area contributed by atoms with Crippen molar-refractivity contribution in [3.8, 4) is 50.7 Å². The molecule has 0 fully saturated rings. The Morgan fingerprint density at radius 1 is 0.351 bits per heavy atom. The van der Waals surface area contributed by atoms with E-state index < -0.39 is 0 Å². The number of anilines is 3. The van der Waals surface area contributed by atoms with Crippen LogP contribution < -0.4 is 4.90 Å². The second-order valence-electron chi connectivity index (χ2n) is 14.1. The van der Waals surface area contributed by atoms with Gasteiger partial charge < -0.3 is 4.57 Å². The molecule has 0 unspecified atom stereocenters. The predicted molar refractivity (Wildman–Crippen MR) is 235 cm³/mol. The van der Waals surface area contributed by atoms with Crippen molar-refractivity contribution < 1.29 is 0 Å². The molecule has 0 amide bonds. The van der Waals surface area contributed by atoms with E-state index in [4.69, 9.17) is 15.0 Å². The van der Waals surface area contributed by atoms with Crippen molar-refractivity contribution in [3.63, 3.8) is 0 Å². The van der Waals surface area contributed by atoms with Crippen LogP contribution in [-0.2, 0) is 0 Å². The van der Waals surface area contributed by atoms with Crippen LogP contribution in [0, 0.1) is 0 Å². The summed E-state index contributed by atoms with van der Waals surface area (Å²) in [4.78, 5) is 19.7. The molecule has 0 bridgehead atoms. The minimum atomic E-state index is 0.578. The van der Waals surface area contributed by atoms with Crippen molar-refractivity contribution in [2.75, 3.05) is 4.90 Å².